The number of hydrazine groups is 1. The van der Waals surface area contributed by atoms with Crippen molar-refractivity contribution >= 4 is 5.91 Å². The van der Waals surface area contributed by atoms with Crippen LogP contribution in [-0.4, -0.2) is 33.9 Å². The molecule has 0 saturated carbocycles. The minimum absolute atomic E-state index is 0.129. The van der Waals surface area contributed by atoms with Gasteiger partial charge in [0.2, 0.25) is 5.91 Å². The molecule has 152 valence electrons. The number of carbonyl (C=O) groups is 1. The molecule has 1 amide bonds. The molecular weight excluding hydrogens is 367 g/mol. The van der Waals surface area contributed by atoms with Gasteiger partial charge in [-0.25, -0.2) is 15.2 Å². The summed E-state index contributed by atoms with van der Waals surface area (Å²) in [6.07, 6.45) is 8.41. The largest absolute Gasteiger partial charge is 0.335 e. The van der Waals surface area contributed by atoms with Gasteiger partial charge in [0.05, 0.1) is 0 Å². The first-order chi connectivity index (χ1) is 14.1. The molecule has 5 rings (SSSR count). The number of benzene rings is 1. The van der Waals surface area contributed by atoms with Crippen LogP contribution in [0.1, 0.15) is 60.8 Å². The van der Waals surface area contributed by atoms with E-state index in [0.29, 0.717) is 23.6 Å². The van der Waals surface area contributed by atoms with E-state index in [1.807, 2.05) is 31.2 Å². The van der Waals surface area contributed by atoms with Gasteiger partial charge in [-0.1, -0.05) is 12.1 Å². The molecule has 0 aliphatic carbocycles. The SMILES string of the molecule is Cc1cc(C2C[C@H]3CC[C@@H](C2)N3C(=O)C2CC(c3ccncc3)NN2)ccc1F. The van der Waals surface area contributed by atoms with E-state index in [0.717, 1.165) is 37.7 Å². The number of rotatable bonds is 3. The van der Waals surface area contributed by atoms with Gasteiger partial charge in [-0.05, 0) is 79.8 Å². The highest BCUT2D eigenvalue weighted by Gasteiger charge is 2.46. The Morgan fingerprint density at radius 2 is 1.76 bits per heavy atom. The van der Waals surface area contributed by atoms with Gasteiger partial charge in [-0.2, -0.15) is 0 Å². The Balaban J connectivity index is 1.27. The molecule has 4 heterocycles. The summed E-state index contributed by atoms with van der Waals surface area (Å²) in [6, 6.07) is 9.99. The van der Waals surface area contributed by atoms with Crippen molar-refractivity contribution in [3.05, 3.63) is 65.2 Å². The van der Waals surface area contributed by atoms with Gasteiger partial charge >= 0.3 is 0 Å². The summed E-state index contributed by atoms with van der Waals surface area (Å²) in [5.41, 5.74) is 9.57. The average Bonchev–Trinajstić information content (AvgIpc) is 3.33. The number of amides is 1. The first kappa shape index (κ1) is 18.7. The first-order valence-electron chi connectivity index (χ1n) is 10.6. The van der Waals surface area contributed by atoms with Crippen LogP contribution < -0.4 is 10.9 Å². The highest BCUT2D eigenvalue weighted by molar-refractivity contribution is 5.83. The number of aromatic nitrogens is 1. The van der Waals surface area contributed by atoms with Crippen LogP contribution in [-0.2, 0) is 4.79 Å². The molecule has 29 heavy (non-hydrogen) atoms. The highest BCUT2D eigenvalue weighted by Crippen LogP contribution is 2.44. The summed E-state index contributed by atoms with van der Waals surface area (Å²) in [5.74, 6) is 0.485. The normalized spacial score (nSPS) is 31.2. The van der Waals surface area contributed by atoms with Crippen LogP contribution >= 0.6 is 0 Å². The number of fused-ring (bicyclic) bond motifs is 2. The van der Waals surface area contributed by atoms with Crippen LogP contribution in [0.2, 0.25) is 0 Å². The number of nitrogens with one attached hydrogen (secondary N) is 2. The zero-order chi connectivity index (χ0) is 20.0. The third-order valence-corrected chi connectivity index (χ3v) is 6.95. The Hall–Kier alpha value is -2.31. The molecule has 1 aromatic carbocycles. The molecule has 5 atom stereocenters. The van der Waals surface area contributed by atoms with E-state index >= 15 is 0 Å². The molecule has 1 aromatic heterocycles. The van der Waals surface area contributed by atoms with Gasteiger partial charge in [0, 0.05) is 30.5 Å². The lowest BCUT2D eigenvalue weighted by molar-refractivity contribution is -0.137. The van der Waals surface area contributed by atoms with E-state index in [-0.39, 0.29) is 23.8 Å². The Bertz CT molecular complexity index is 891. The average molecular weight is 394 g/mol. The molecule has 2 N–H and O–H groups in total. The molecule has 6 heteroatoms. The lowest BCUT2D eigenvalue weighted by Gasteiger charge is -2.40. The van der Waals surface area contributed by atoms with Gasteiger partial charge in [-0.15, -0.1) is 0 Å². The van der Waals surface area contributed by atoms with Crippen molar-refractivity contribution in [1.29, 1.82) is 0 Å². The highest BCUT2D eigenvalue weighted by atomic mass is 19.1. The number of hydrogen-bond donors (Lipinski definition) is 2. The zero-order valence-electron chi connectivity index (χ0n) is 16.6. The number of aryl methyl sites for hydroxylation is 1. The molecule has 3 fully saturated rings. The molecule has 2 aromatic rings. The van der Waals surface area contributed by atoms with E-state index in [1.165, 1.54) is 5.56 Å². The fraction of sp³-hybridized carbons (Fsp3) is 0.478. The lowest BCUT2D eigenvalue weighted by atomic mass is 9.84. The number of piperidine rings is 1. The van der Waals surface area contributed by atoms with E-state index in [2.05, 4.69) is 20.7 Å². The number of halogens is 1. The second-order valence-electron chi connectivity index (χ2n) is 8.72. The fourth-order valence-corrected chi connectivity index (χ4v) is 5.44. The minimum Gasteiger partial charge on any atom is -0.335 e. The fourth-order valence-electron chi connectivity index (χ4n) is 5.44. The van der Waals surface area contributed by atoms with Crippen molar-refractivity contribution in [1.82, 2.24) is 20.7 Å². The van der Waals surface area contributed by atoms with Crippen molar-refractivity contribution in [3.63, 3.8) is 0 Å². The molecule has 3 aliphatic heterocycles. The molecule has 2 bridgehead atoms. The van der Waals surface area contributed by atoms with Crippen LogP contribution in [0.5, 0.6) is 0 Å². The standard InChI is InChI=1S/C23H27FN4O/c1-14-10-16(2-5-20(14)24)17-11-18-3-4-19(12-17)28(18)23(29)22-13-21(26-27-22)15-6-8-25-9-7-15/h2,5-10,17-19,21-22,26-27H,3-4,11-13H2,1H3/t17?,18-,19+,21?,22?. The van der Waals surface area contributed by atoms with Crippen LogP contribution in [0.4, 0.5) is 4.39 Å². The second kappa shape index (κ2) is 7.50. The topological polar surface area (TPSA) is 57.3 Å². The minimum atomic E-state index is -0.194. The van der Waals surface area contributed by atoms with Crippen LogP contribution in [0.3, 0.4) is 0 Å². The van der Waals surface area contributed by atoms with Gasteiger partial charge in [0.1, 0.15) is 11.9 Å². The van der Waals surface area contributed by atoms with E-state index in [9.17, 15) is 9.18 Å². The molecule has 0 spiro atoms. The zero-order valence-corrected chi connectivity index (χ0v) is 16.6. The maximum atomic E-state index is 13.7. The van der Waals surface area contributed by atoms with Crippen molar-refractivity contribution in [2.24, 2.45) is 0 Å². The second-order valence-corrected chi connectivity index (χ2v) is 8.72. The van der Waals surface area contributed by atoms with Crippen LogP contribution in [0.15, 0.2) is 42.7 Å². The summed E-state index contributed by atoms with van der Waals surface area (Å²) >= 11 is 0. The Morgan fingerprint density at radius 1 is 1.03 bits per heavy atom. The summed E-state index contributed by atoms with van der Waals surface area (Å²) in [6.45, 7) is 1.82. The molecule has 3 unspecified atom stereocenters. The Kier molecular flexibility index (Phi) is 4.84. The maximum absolute atomic E-state index is 13.7. The summed E-state index contributed by atoms with van der Waals surface area (Å²) in [7, 11) is 0. The van der Waals surface area contributed by atoms with Gasteiger partial charge in [0.15, 0.2) is 0 Å². The summed E-state index contributed by atoms with van der Waals surface area (Å²) < 4.78 is 13.7. The number of carbonyl (C=O) groups excluding carboxylic acids is 1. The Labute approximate surface area is 170 Å². The quantitative estimate of drug-likeness (QED) is 0.838. The smallest absolute Gasteiger partial charge is 0.241 e. The monoisotopic (exact) mass is 394 g/mol. The lowest BCUT2D eigenvalue weighted by Crippen LogP contribution is -2.53. The molecule has 5 nitrogen and oxygen atoms in total. The van der Waals surface area contributed by atoms with Crippen LogP contribution in [0.25, 0.3) is 0 Å². The van der Waals surface area contributed by atoms with E-state index in [4.69, 9.17) is 0 Å². The summed E-state index contributed by atoms with van der Waals surface area (Å²) in [4.78, 5) is 19.6. The van der Waals surface area contributed by atoms with Gasteiger partial charge in [0.25, 0.3) is 0 Å². The third-order valence-electron chi connectivity index (χ3n) is 6.95. The molecular formula is C23H27FN4O. The van der Waals surface area contributed by atoms with Crippen molar-refractivity contribution in [2.75, 3.05) is 0 Å². The van der Waals surface area contributed by atoms with E-state index < -0.39 is 0 Å². The van der Waals surface area contributed by atoms with Gasteiger partial charge < -0.3 is 4.90 Å². The predicted octanol–water partition coefficient (Wildman–Crippen LogP) is 3.37. The maximum Gasteiger partial charge on any atom is 0.241 e. The molecule has 3 aliphatic rings. The predicted molar refractivity (Wildman–Crippen MR) is 108 cm³/mol. The van der Waals surface area contributed by atoms with Crippen molar-refractivity contribution < 1.29 is 9.18 Å². The first-order valence-corrected chi connectivity index (χ1v) is 10.6. The number of hydrogen-bond acceptors (Lipinski definition) is 4. The molecule has 3 saturated heterocycles. The molecule has 0 radical (unpaired) electrons. The Morgan fingerprint density at radius 3 is 2.45 bits per heavy atom. The van der Waals surface area contributed by atoms with Crippen LogP contribution in [0, 0.1) is 12.7 Å². The van der Waals surface area contributed by atoms with Gasteiger partial charge in [-0.3, -0.25) is 9.78 Å². The van der Waals surface area contributed by atoms with E-state index in [1.54, 1.807) is 18.5 Å². The number of pyridine rings is 1. The van der Waals surface area contributed by atoms with Crippen molar-refractivity contribution in [3.8, 4) is 0 Å². The number of nitrogens with zero attached hydrogens (tertiary/aromatic N) is 2. The third kappa shape index (κ3) is 3.45. The van der Waals surface area contributed by atoms with Crippen molar-refractivity contribution in [2.45, 2.75) is 69.1 Å². The summed E-state index contributed by atoms with van der Waals surface area (Å²) in [5, 5.41) is 0.